The number of carbonyl (C=O) groups is 1. The molecule has 0 bridgehead atoms. The Labute approximate surface area is 117 Å². The summed E-state index contributed by atoms with van der Waals surface area (Å²) in [7, 11) is 0. The van der Waals surface area contributed by atoms with Gasteiger partial charge in [-0.2, -0.15) is 0 Å². The lowest BCUT2D eigenvalue weighted by atomic mass is 10.2. The third-order valence-electron chi connectivity index (χ3n) is 3.32. The Balaban J connectivity index is 1.89. The van der Waals surface area contributed by atoms with E-state index in [9.17, 15) is 4.79 Å². The van der Waals surface area contributed by atoms with E-state index in [1.54, 1.807) is 6.07 Å². The fraction of sp³-hybridized carbons (Fsp3) is 0.692. The Kier molecular flexibility index (Phi) is 5.51. The molecule has 1 aromatic heterocycles. The first-order valence-electron chi connectivity index (χ1n) is 6.90. The number of aliphatic hydroxyl groups is 1. The minimum atomic E-state index is -0.317. The maximum absolute atomic E-state index is 11.9. The first kappa shape index (κ1) is 15.0. The molecule has 7 nitrogen and oxygen atoms in total. The van der Waals surface area contributed by atoms with E-state index < -0.39 is 0 Å². The van der Waals surface area contributed by atoms with Gasteiger partial charge in [0.25, 0.3) is 5.91 Å². The van der Waals surface area contributed by atoms with Crippen molar-refractivity contribution in [2.75, 3.05) is 32.9 Å². The average Bonchev–Trinajstić information content (AvgIpc) is 2.94. The van der Waals surface area contributed by atoms with Crippen LogP contribution in [0.1, 0.15) is 29.6 Å². The van der Waals surface area contributed by atoms with Crippen LogP contribution in [-0.4, -0.2) is 60.0 Å². The first-order chi connectivity index (χ1) is 9.72. The maximum atomic E-state index is 11.9. The number of ether oxygens (including phenoxy) is 1. The zero-order chi connectivity index (χ0) is 14.4. The summed E-state index contributed by atoms with van der Waals surface area (Å²) in [5.74, 6) is 0.344. The molecule has 0 aliphatic carbocycles. The van der Waals surface area contributed by atoms with Gasteiger partial charge in [-0.15, -0.1) is 0 Å². The standard InChI is InChI=1S/C13H21N3O4/c1-2-10(9-17)14-13(18)12-7-11(20-15-12)8-16-3-5-19-6-4-16/h7,10,17H,2-6,8-9H2,1H3,(H,14,18)/t10-/m1/s1. The molecule has 0 spiro atoms. The minimum Gasteiger partial charge on any atom is -0.394 e. The van der Waals surface area contributed by atoms with Gasteiger partial charge in [0.05, 0.1) is 32.4 Å². The van der Waals surface area contributed by atoms with E-state index >= 15 is 0 Å². The third kappa shape index (κ3) is 4.03. The highest BCUT2D eigenvalue weighted by Crippen LogP contribution is 2.09. The van der Waals surface area contributed by atoms with Crippen molar-refractivity contribution in [3.63, 3.8) is 0 Å². The molecule has 1 amide bonds. The molecule has 0 unspecified atom stereocenters. The number of carbonyl (C=O) groups excluding carboxylic acids is 1. The van der Waals surface area contributed by atoms with Gasteiger partial charge in [-0.25, -0.2) is 0 Å². The summed E-state index contributed by atoms with van der Waals surface area (Å²) < 4.78 is 10.5. The van der Waals surface area contributed by atoms with Crippen LogP contribution in [0.4, 0.5) is 0 Å². The molecule has 2 heterocycles. The van der Waals surface area contributed by atoms with Gasteiger partial charge in [-0.05, 0) is 6.42 Å². The largest absolute Gasteiger partial charge is 0.394 e. The molecule has 0 aromatic carbocycles. The lowest BCUT2D eigenvalue weighted by Gasteiger charge is -2.25. The SMILES string of the molecule is CC[C@H](CO)NC(=O)c1cc(CN2CCOCC2)on1. The molecule has 2 N–H and O–H groups in total. The van der Waals surface area contributed by atoms with Crippen molar-refractivity contribution in [1.82, 2.24) is 15.4 Å². The van der Waals surface area contributed by atoms with E-state index in [4.69, 9.17) is 14.4 Å². The molecule has 2 rings (SSSR count). The third-order valence-corrected chi connectivity index (χ3v) is 3.32. The van der Waals surface area contributed by atoms with Gasteiger partial charge in [0.1, 0.15) is 0 Å². The van der Waals surface area contributed by atoms with Crippen LogP contribution in [0, 0.1) is 0 Å². The van der Waals surface area contributed by atoms with Crippen LogP contribution in [0.15, 0.2) is 10.6 Å². The Hall–Kier alpha value is -1.44. The van der Waals surface area contributed by atoms with Gasteiger partial charge >= 0.3 is 0 Å². The predicted octanol–water partition coefficient (Wildman–Crippen LogP) is 0.00750. The second-order valence-electron chi connectivity index (χ2n) is 4.83. The first-order valence-corrected chi connectivity index (χ1v) is 6.90. The Morgan fingerprint density at radius 3 is 2.95 bits per heavy atom. The molecule has 20 heavy (non-hydrogen) atoms. The van der Waals surface area contributed by atoms with E-state index in [2.05, 4.69) is 15.4 Å². The lowest BCUT2D eigenvalue weighted by molar-refractivity contribution is 0.0305. The summed E-state index contributed by atoms with van der Waals surface area (Å²) in [5, 5.41) is 15.5. The molecule has 0 saturated carbocycles. The van der Waals surface area contributed by atoms with Crippen LogP contribution in [0.2, 0.25) is 0 Å². The highest BCUT2D eigenvalue weighted by Gasteiger charge is 2.18. The number of nitrogens with zero attached hydrogens (tertiary/aromatic N) is 2. The van der Waals surface area contributed by atoms with Crippen molar-refractivity contribution < 1.29 is 19.2 Å². The summed E-state index contributed by atoms with van der Waals surface area (Å²) in [4.78, 5) is 14.1. The molecule has 112 valence electrons. The number of nitrogens with one attached hydrogen (secondary N) is 1. The van der Waals surface area contributed by atoms with Crippen molar-refractivity contribution in [1.29, 1.82) is 0 Å². The van der Waals surface area contributed by atoms with E-state index in [-0.39, 0.29) is 24.2 Å². The van der Waals surface area contributed by atoms with E-state index in [1.165, 1.54) is 0 Å². The summed E-state index contributed by atoms with van der Waals surface area (Å²) >= 11 is 0. The van der Waals surface area contributed by atoms with Crippen molar-refractivity contribution in [2.45, 2.75) is 25.9 Å². The molecule has 1 aliphatic rings. The second kappa shape index (κ2) is 7.37. The predicted molar refractivity (Wildman–Crippen MR) is 71.2 cm³/mol. The van der Waals surface area contributed by atoms with Gasteiger partial charge < -0.3 is 19.7 Å². The van der Waals surface area contributed by atoms with E-state index in [1.807, 2.05) is 6.92 Å². The fourth-order valence-electron chi connectivity index (χ4n) is 2.01. The Morgan fingerprint density at radius 2 is 2.30 bits per heavy atom. The lowest BCUT2D eigenvalue weighted by Crippen LogP contribution is -2.37. The van der Waals surface area contributed by atoms with E-state index in [0.717, 1.165) is 26.3 Å². The van der Waals surface area contributed by atoms with Crippen LogP contribution < -0.4 is 5.32 Å². The Bertz CT molecular complexity index is 425. The second-order valence-corrected chi connectivity index (χ2v) is 4.83. The number of hydrogen-bond acceptors (Lipinski definition) is 6. The molecule has 1 atom stereocenters. The number of aliphatic hydroxyl groups excluding tert-OH is 1. The molecule has 1 fully saturated rings. The number of hydrogen-bond donors (Lipinski definition) is 2. The smallest absolute Gasteiger partial charge is 0.273 e. The summed E-state index contributed by atoms with van der Waals surface area (Å²) in [6.07, 6.45) is 0.667. The zero-order valence-corrected chi connectivity index (χ0v) is 11.7. The van der Waals surface area contributed by atoms with Crippen LogP contribution in [-0.2, 0) is 11.3 Å². The molecule has 7 heteroatoms. The highest BCUT2D eigenvalue weighted by molar-refractivity contribution is 5.92. The topological polar surface area (TPSA) is 87.8 Å². The maximum Gasteiger partial charge on any atom is 0.273 e. The van der Waals surface area contributed by atoms with Gasteiger partial charge in [0.15, 0.2) is 11.5 Å². The van der Waals surface area contributed by atoms with Crippen LogP contribution >= 0.6 is 0 Å². The summed E-state index contributed by atoms with van der Waals surface area (Å²) in [6, 6.07) is 1.40. The molecule has 1 aliphatic heterocycles. The van der Waals surface area contributed by atoms with Gasteiger partial charge in [-0.1, -0.05) is 12.1 Å². The molecular formula is C13H21N3O4. The zero-order valence-electron chi connectivity index (χ0n) is 11.7. The number of amides is 1. The number of morpholine rings is 1. The quantitative estimate of drug-likeness (QED) is 0.764. The number of rotatable bonds is 6. The van der Waals surface area contributed by atoms with Gasteiger partial charge in [-0.3, -0.25) is 9.69 Å². The molecule has 0 radical (unpaired) electrons. The van der Waals surface area contributed by atoms with Gasteiger partial charge in [0.2, 0.25) is 0 Å². The van der Waals surface area contributed by atoms with Crippen LogP contribution in [0.3, 0.4) is 0 Å². The molecular weight excluding hydrogens is 262 g/mol. The fourth-order valence-corrected chi connectivity index (χ4v) is 2.01. The minimum absolute atomic E-state index is 0.0826. The summed E-state index contributed by atoms with van der Waals surface area (Å²) in [6.45, 7) is 5.58. The van der Waals surface area contributed by atoms with Crippen LogP contribution in [0.25, 0.3) is 0 Å². The molecule has 1 aromatic rings. The molecule has 1 saturated heterocycles. The average molecular weight is 283 g/mol. The highest BCUT2D eigenvalue weighted by atomic mass is 16.5. The summed E-state index contributed by atoms with van der Waals surface area (Å²) in [5.41, 5.74) is 0.250. The van der Waals surface area contributed by atoms with Crippen molar-refractivity contribution in [2.24, 2.45) is 0 Å². The van der Waals surface area contributed by atoms with Crippen molar-refractivity contribution in [3.05, 3.63) is 17.5 Å². The Morgan fingerprint density at radius 1 is 1.55 bits per heavy atom. The normalized spacial score (nSPS) is 17.9. The monoisotopic (exact) mass is 283 g/mol. The number of aromatic nitrogens is 1. The van der Waals surface area contributed by atoms with Crippen molar-refractivity contribution in [3.8, 4) is 0 Å². The van der Waals surface area contributed by atoms with Gasteiger partial charge in [0, 0.05) is 19.2 Å². The van der Waals surface area contributed by atoms with Crippen LogP contribution in [0.5, 0.6) is 0 Å². The van der Waals surface area contributed by atoms with E-state index in [0.29, 0.717) is 18.7 Å². The van der Waals surface area contributed by atoms with Crippen molar-refractivity contribution >= 4 is 5.91 Å².